The quantitative estimate of drug-likeness (QED) is 0.836. The number of nitrogens with zero attached hydrogens (tertiary/aromatic N) is 1. The van der Waals surface area contributed by atoms with E-state index >= 15 is 0 Å². The zero-order chi connectivity index (χ0) is 10.8. The molecule has 5 heteroatoms. The number of carbonyl (C=O) groups is 1. The monoisotopic (exact) mass is 209 g/mol. The number of aromatic nitrogens is 1. The van der Waals surface area contributed by atoms with Gasteiger partial charge in [0.25, 0.3) is 6.86 Å². The molecular formula is C10H8FNO3. The highest BCUT2D eigenvalue weighted by atomic mass is 19.1. The Labute approximate surface area is 84.5 Å². The zero-order valence-corrected chi connectivity index (χ0v) is 7.68. The Morgan fingerprint density at radius 3 is 2.87 bits per heavy atom. The molecule has 2 rings (SSSR count). The van der Waals surface area contributed by atoms with Crippen molar-refractivity contribution >= 4 is 16.9 Å². The Kier molecular flexibility index (Phi) is 2.29. The van der Waals surface area contributed by atoms with E-state index in [-0.39, 0.29) is 5.56 Å². The first kappa shape index (κ1) is 9.51. The molecule has 78 valence electrons. The van der Waals surface area contributed by atoms with Crippen LogP contribution in [0, 0.1) is 0 Å². The lowest BCUT2D eigenvalue weighted by Crippen LogP contribution is -2.08. The van der Waals surface area contributed by atoms with Crippen molar-refractivity contribution in [2.75, 3.05) is 6.86 Å². The fourth-order valence-corrected chi connectivity index (χ4v) is 1.48. The van der Waals surface area contributed by atoms with Crippen LogP contribution in [0.15, 0.2) is 30.5 Å². The van der Waals surface area contributed by atoms with E-state index in [0.29, 0.717) is 10.9 Å². The van der Waals surface area contributed by atoms with Crippen LogP contribution in [-0.2, 0) is 0 Å². The third-order valence-corrected chi connectivity index (χ3v) is 2.10. The summed E-state index contributed by atoms with van der Waals surface area (Å²) in [4.78, 5) is 15.5. The van der Waals surface area contributed by atoms with Crippen molar-refractivity contribution in [3.05, 3.63) is 36.0 Å². The number of hydrogen-bond donors (Lipinski definition) is 1. The number of carboxylic acids is 1. The van der Waals surface area contributed by atoms with E-state index in [2.05, 4.69) is 4.84 Å². The van der Waals surface area contributed by atoms with Crippen molar-refractivity contribution < 1.29 is 19.1 Å². The van der Waals surface area contributed by atoms with Crippen LogP contribution in [-0.4, -0.2) is 22.7 Å². The van der Waals surface area contributed by atoms with Gasteiger partial charge in [-0.05, 0) is 6.07 Å². The molecule has 0 fully saturated rings. The van der Waals surface area contributed by atoms with Gasteiger partial charge >= 0.3 is 5.97 Å². The summed E-state index contributed by atoms with van der Waals surface area (Å²) >= 11 is 0. The minimum Gasteiger partial charge on any atom is -0.478 e. The summed E-state index contributed by atoms with van der Waals surface area (Å²) in [5.41, 5.74) is 0.631. The molecule has 0 amide bonds. The maximum Gasteiger partial charge on any atom is 0.338 e. The largest absolute Gasteiger partial charge is 0.478 e. The lowest BCUT2D eigenvalue weighted by Gasteiger charge is -2.01. The second kappa shape index (κ2) is 3.61. The number of alkyl halides is 1. The molecule has 0 unspecified atom stereocenters. The van der Waals surface area contributed by atoms with Gasteiger partial charge in [0.2, 0.25) is 0 Å². The van der Waals surface area contributed by atoms with Crippen molar-refractivity contribution in [1.82, 2.24) is 4.73 Å². The summed E-state index contributed by atoms with van der Waals surface area (Å²) < 4.78 is 13.2. The first-order valence-electron chi connectivity index (χ1n) is 4.26. The van der Waals surface area contributed by atoms with Gasteiger partial charge in [-0.2, -0.15) is 4.73 Å². The van der Waals surface area contributed by atoms with Crippen molar-refractivity contribution in [2.24, 2.45) is 0 Å². The standard InChI is InChI=1S/C10H8FNO3/c11-6-15-12-5-8(10(13)14)7-3-1-2-4-9(7)12/h1-5H,6H2,(H,13,14). The average Bonchev–Trinajstić information content (AvgIpc) is 2.59. The summed E-state index contributed by atoms with van der Waals surface area (Å²) in [6.45, 7) is -1.00. The third-order valence-electron chi connectivity index (χ3n) is 2.10. The normalized spacial score (nSPS) is 10.5. The van der Waals surface area contributed by atoms with Crippen molar-refractivity contribution in [2.45, 2.75) is 0 Å². The van der Waals surface area contributed by atoms with Crippen LogP contribution in [0.4, 0.5) is 4.39 Å². The molecule has 0 radical (unpaired) electrons. The van der Waals surface area contributed by atoms with Crippen LogP contribution in [0.3, 0.4) is 0 Å². The first-order valence-corrected chi connectivity index (χ1v) is 4.26. The van der Waals surface area contributed by atoms with E-state index in [4.69, 9.17) is 5.11 Å². The van der Waals surface area contributed by atoms with Gasteiger partial charge < -0.3 is 9.94 Å². The van der Waals surface area contributed by atoms with Gasteiger partial charge in [0, 0.05) is 5.39 Å². The second-order valence-corrected chi connectivity index (χ2v) is 2.93. The Morgan fingerprint density at radius 2 is 2.20 bits per heavy atom. The molecule has 0 spiro atoms. The first-order chi connectivity index (χ1) is 7.24. The molecule has 1 aromatic heterocycles. The van der Waals surface area contributed by atoms with Crippen LogP contribution < -0.4 is 4.84 Å². The topological polar surface area (TPSA) is 51.5 Å². The lowest BCUT2D eigenvalue weighted by molar-refractivity contribution is 0.0487. The van der Waals surface area contributed by atoms with E-state index in [1.165, 1.54) is 6.20 Å². The Morgan fingerprint density at radius 1 is 1.47 bits per heavy atom. The third kappa shape index (κ3) is 1.52. The molecule has 0 bridgehead atoms. The van der Waals surface area contributed by atoms with Crippen LogP contribution in [0.25, 0.3) is 10.9 Å². The van der Waals surface area contributed by atoms with E-state index in [1.54, 1.807) is 24.3 Å². The molecular weight excluding hydrogens is 201 g/mol. The Hall–Kier alpha value is -2.04. The average molecular weight is 209 g/mol. The molecule has 15 heavy (non-hydrogen) atoms. The fourth-order valence-electron chi connectivity index (χ4n) is 1.48. The van der Waals surface area contributed by atoms with Crippen molar-refractivity contribution in [3.63, 3.8) is 0 Å². The van der Waals surface area contributed by atoms with Crippen molar-refractivity contribution in [1.29, 1.82) is 0 Å². The number of carboxylic acid groups (broad SMARTS) is 1. The predicted octanol–water partition coefficient (Wildman–Crippen LogP) is 1.70. The highest BCUT2D eigenvalue weighted by Crippen LogP contribution is 2.20. The molecule has 1 aromatic carbocycles. The Bertz CT molecular complexity index is 506. The molecule has 0 aliphatic rings. The molecule has 0 atom stereocenters. The maximum atomic E-state index is 12.0. The van der Waals surface area contributed by atoms with Gasteiger partial charge in [0.15, 0.2) is 0 Å². The highest BCUT2D eigenvalue weighted by Gasteiger charge is 2.13. The number of para-hydroxylation sites is 1. The predicted molar refractivity (Wildman–Crippen MR) is 51.5 cm³/mol. The summed E-state index contributed by atoms with van der Waals surface area (Å²) in [5, 5.41) is 9.43. The fraction of sp³-hybridized carbons (Fsp3) is 0.100. The number of halogens is 1. The lowest BCUT2D eigenvalue weighted by atomic mass is 10.2. The summed E-state index contributed by atoms with van der Waals surface area (Å²) in [7, 11) is 0. The molecule has 0 saturated heterocycles. The summed E-state index contributed by atoms with van der Waals surface area (Å²) in [6.07, 6.45) is 1.26. The molecule has 1 N–H and O–H groups in total. The number of fused-ring (bicyclic) bond motifs is 1. The van der Waals surface area contributed by atoms with Gasteiger partial charge in [-0.1, -0.05) is 18.2 Å². The molecule has 0 saturated carbocycles. The molecule has 0 aliphatic carbocycles. The SMILES string of the molecule is O=C(O)c1cn(OCF)c2ccccc12. The van der Waals surface area contributed by atoms with Gasteiger partial charge in [0.05, 0.1) is 17.3 Å². The molecule has 4 nitrogen and oxygen atoms in total. The summed E-state index contributed by atoms with van der Waals surface area (Å²) in [5.74, 6) is -1.06. The van der Waals surface area contributed by atoms with Gasteiger partial charge in [-0.15, -0.1) is 0 Å². The maximum absolute atomic E-state index is 12.0. The highest BCUT2D eigenvalue weighted by molar-refractivity contribution is 6.03. The van der Waals surface area contributed by atoms with Crippen LogP contribution >= 0.6 is 0 Å². The summed E-state index contributed by atoms with van der Waals surface area (Å²) in [6, 6.07) is 6.76. The van der Waals surface area contributed by atoms with E-state index in [1.807, 2.05) is 0 Å². The molecule has 1 heterocycles. The number of benzene rings is 1. The van der Waals surface area contributed by atoms with Gasteiger partial charge in [-0.25, -0.2) is 9.18 Å². The van der Waals surface area contributed by atoms with Crippen LogP contribution in [0.5, 0.6) is 0 Å². The van der Waals surface area contributed by atoms with Gasteiger partial charge in [-0.3, -0.25) is 0 Å². The van der Waals surface area contributed by atoms with E-state index in [9.17, 15) is 9.18 Å². The molecule has 0 aliphatic heterocycles. The van der Waals surface area contributed by atoms with E-state index in [0.717, 1.165) is 4.73 Å². The second-order valence-electron chi connectivity index (χ2n) is 2.93. The minimum absolute atomic E-state index is 0.0963. The minimum atomic E-state index is -1.06. The smallest absolute Gasteiger partial charge is 0.338 e. The van der Waals surface area contributed by atoms with Gasteiger partial charge in [0.1, 0.15) is 0 Å². The van der Waals surface area contributed by atoms with Crippen LogP contribution in [0.1, 0.15) is 10.4 Å². The van der Waals surface area contributed by atoms with Crippen molar-refractivity contribution in [3.8, 4) is 0 Å². The zero-order valence-electron chi connectivity index (χ0n) is 7.68. The van der Waals surface area contributed by atoms with E-state index < -0.39 is 12.8 Å². The number of hydrogen-bond acceptors (Lipinski definition) is 2. The molecule has 2 aromatic rings. The Balaban J connectivity index is 2.67. The van der Waals surface area contributed by atoms with Crippen LogP contribution in [0.2, 0.25) is 0 Å². The number of aromatic carboxylic acids is 1. The number of rotatable bonds is 3.